The molecule has 0 bridgehead atoms. The second kappa shape index (κ2) is 19.2. The molecule has 0 saturated heterocycles. The molecule has 0 atom stereocenters. The number of hydrogen-bond donors (Lipinski definition) is 0. The molecule has 7 heteroatoms. The predicted molar refractivity (Wildman–Crippen MR) is 180 cm³/mol. The van der Waals surface area contributed by atoms with E-state index in [9.17, 15) is 4.79 Å². The highest BCUT2D eigenvalue weighted by Crippen LogP contribution is 2.30. The molecular formula is C33H51N3OS3. The van der Waals surface area contributed by atoms with Crippen LogP contribution in [0.5, 0.6) is 0 Å². The van der Waals surface area contributed by atoms with Crippen LogP contribution in [0.3, 0.4) is 0 Å². The molecule has 0 aliphatic heterocycles. The summed E-state index contributed by atoms with van der Waals surface area (Å²) >= 11 is 5.30. The second-order valence-electron chi connectivity index (χ2n) is 9.96. The Balaban J connectivity index is 0.000000282. The molecule has 5 rings (SSSR count). The van der Waals surface area contributed by atoms with Gasteiger partial charge in [0.1, 0.15) is 5.69 Å². The number of hydrogen-bond acceptors (Lipinski definition) is 7. The van der Waals surface area contributed by atoms with Crippen molar-refractivity contribution in [3.63, 3.8) is 0 Å². The lowest BCUT2D eigenvalue weighted by molar-refractivity contribution is 0.0984. The van der Waals surface area contributed by atoms with Gasteiger partial charge < -0.3 is 0 Å². The first-order chi connectivity index (χ1) is 19.2. The summed E-state index contributed by atoms with van der Waals surface area (Å²) in [5.74, 6) is 1.72. The van der Waals surface area contributed by atoms with Gasteiger partial charge in [0.2, 0.25) is 0 Å². The summed E-state index contributed by atoms with van der Waals surface area (Å²) in [6, 6.07) is 8.29. The average Bonchev–Trinajstić information content (AvgIpc) is 3.73. The zero-order valence-corrected chi connectivity index (χ0v) is 29.1. The molecule has 0 radical (unpaired) electrons. The minimum Gasteiger partial charge on any atom is -0.292 e. The largest absolute Gasteiger partial charge is 0.292 e. The van der Waals surface area contributed by atoms with E-state index in [2.05, 4.69) is 74.7 Å². The third kappa shape index (κ3) is 11.1. The number of rotatable bonds is 5. The number of carbonyl (C=O) groups excluding carboxylic acids is 1. The molecule has 222 valence electrons. The van der Waals surface area contributed by atoms with Gasteiger partial charge in [0.15, 0.2) is 5.78 Å². The third-order valence-corrected chi connectivity index (χ3v) is 9.72. The number of fused-ring (bicyclic) bond motifs is 2. The first-order valence-electron chi connectivity index (χ1n) is 15.0. The fraction of sp³-hybridized carbons (Fsp3) is 0.576. The number of aromatic nitrogens is 3. The molecule has 4 aromatic rings. The second-order valence-corrected chi connectivity index (χ2v) is 13.0. The summed E-state index contributed by atoms with van der Waals surface area (Å²) in [4.78, 5) is 26.2. The quantitative estimate of drug-likeness (QED) is 0.213. The van der Waals surface area contributed by atoms with E-state index in [-0.39, 0.29) is 5.78 Å². The Labute approximate surface area is 255 Å². The maximum atomic E-state index is 11.2. The fourth-order valence-electron chi connectivity index (χ4n) is 3.62. The molecule has 40 heavy (non-hydrogen) atoms. The molecular weight excluding hydrogens is 551 g/mol. The van der Waals surface area contributed by atoms with Crippen molar-refractivity contribution in [2.24, 2.45) is 0 Å². The molecule has 3 aromatic heterocycles. The van der Waals surface area contributed by atoms with Crippen LogP contribution in [-0.4, -0.2) is 20.7 Å². The maximum Gasteiger partial charge on any atom is 0.181 e. The molecule has 1 aliphatic rings. The minimum absolute atomic E-state index is 0.137. The van der Waals surface area contributed by atoms with Crippen LogP contribution >= 0.6 is 34.0 Å². The Morgan fingerprint density at radius 3 is 1.88 bits per heavy atom. The summed E-state index contributed by atoms with van der Waals surface area (Å²) in [5.41, 5.74) is 3.16. The topological polar surface area (TPSA) is 55.7 Å². The number of Topliss-reactive ketones (excluding diaryl/α,β-unsaturated/α-hetero) is 1. The van der Waals surface area contributed by atoms with E-state index in [0.29, 0.717) is 29.9 Å². The highest BCUT2D eigenvalue weighted by Gasteiger charge is 2.16. The average molecular weight is 602 g/mol. The lowest BCUT2D eigenvalue weighted by atomic mass is 10.0. The number of ketones is 1. The highest BCUT2D eigenvalue weighted by atomic mass is 32.1. The number of para-hydroxylation sites is 1. The fourth-order valence-corrected chi connectivity index (χ4v) is 6.58. The number of benzene rings is 1. The lowest BCUT2D eigenvalue weighted by Gasteiger charge is -2.06. The maximum absolute atomic E-state index is 11.2. The van der Waals surface area contributed by atoms with Crippen molar-refractivity contribution in [2.45, 2.75) is 126 Å². The SMILES string of the molecule is CC.CC.CC(C)c1nc2c(s1)CCCC2.CC(C)c1nc2ccccc2s1.CCC(=O)c1csc(C(C)C)n1. The monoisotopic (exact) mass is 601 g/mol. The van der Waals surface area contributed by atoms with Crippen molar-refractivity contribution in [2.75, 3.05) is 0 Å². The molecule has 0 saturated carbocycles. The van der Waals surface area contributed by atoms with E-state index >= 15 is 0 Å². The summed E-state index contributed by atoms with van der Waals surface area (Å²) in [7, 11) is 0. The van der Waals surface area contributed by atoms with Gasteiger partial charge in [-0.2, -0.15) is 0 Å². The zero-order chi connectivity index (χ0) is 30.2. The molecule has 0 amide bonds. The minimum atomic E-state index is 0.137. The van der Waals surface area contributed by atoms with Gasteiger partial charge in [0, 0.05) is 34.4 Å². The van der Waals surface area contributed by atoms with Crippen LogP contribution in [0.4, 0.5) is 0 Å². The summed E-state index contributed by atoms with van der Waals surface area (Å²) < 4.78 is 1.29. The number of thiazole rings is 3. The van der Waals surface area contributed by atoms with Crippen LogP contribution in [-0.2, 0) is 12.8 Å². The number of aryl methyl sites for hydroxylation is 2. The van der Waals surface area contributed by atoms with Gasteiger partial charge in [-0.15, -0.1) is 34.0 Å². The van der Waals surface area contributed by atoms with Crippen molar-refractivity contribution < 1.29 is 4.79 Å². The van der Waals surface area contributed by atoms with Gasteiger partial charge in [-0.25, -0.2) is 15.0 Å². The molecule has 1 aromatic carbocycles. The Hall–Kier alpha value is -1.96. The Kier molecular flexibility index (Phi) is 17.3. The predicted octanol–water partition coefficient (Wildman–Crippen LogP) is 11.5. The smallest absolute Gasteiger partial charge is 0.181 e. The van der Waals surface area contributed by atoms with Crippen LogP contribution in [0.25, 0.3) is 10.2 Å². The summed E-state index contributed by atoms with van der Waals surface area (Å²) in [5, 5.41) is 5.46. The zero-order valence-electron chi connectivity index (χ0n) is 26.6. The third-order valence-electron chi connectivity index (χ3n) is 5.78. The first kappa shape index (κ1) is 36.1. The van der Waals surface area contributed by atoms with Crippen molar-refractivity contribution in [3.8, 4) is 0 Å². The molecule has 0 N–H and O–H groups in total. The van der Waals surface area contributed by atoms with Crippen LogP contribution < -0.4 is 0 Å². The Morgan fingerprint density at radius 1 is 0.775 bits per heavy atom. The van der Waals surface area contributed by atoms with E-state index in [1.165, 1.54) is 46.1 Å². The van der Waals surface area contributed by atoms with Gasteiger partial charge in [0.25, 0.3) is 0 Å². The first-order valence-corrected chi connectivity index (χ1v) is 17.5. The molecule has 0 spiro atoms. The van der Waals surface area contributed by atoms with Gasteiger partial charge >= 0.3 is 0 Å². The molecule has 4 nitrogen and oxygen atoms in total. The van der Waals surface area contributed by atoms with E-state index in [0.717, 1.165) is 10.5 Å². The Bertz CT molecular complexity index is 1190. The normalized spacial score (nSPS) is 11.8. The highest BCUT2D eigenvalue weighted by molar-refractivity contribution is 7.18. The number of carbonyl (C=O) groups is 1. The van der Waals surface area contributed by atoms with Gasteiger partial charge in [-0.1, -0.05) is 88.3 Å². The molecule has 0 unspecified atom stereocenters. The van der Waals surface area contributed by atoms with Gasteiger partial charge in [-0.05, 0) is 37.8 Å². The van der Waals surface area contributed by atoms with Crippen molar-refractivity contribution >= 4 is 50.0 Å². The number of nitrogens with zero attached hydrogens (tertiary/aromatic N) is 3. The standard InChI is InChI=1S/C10H15NS.C10H11NS.C9H13NOS.2C2H6/c2*1-7(2)10-11-8-5-3-4-6-9(8)12-10;1-4-8(11)7-5-12-9(10-7)6(2)3;2*1-2/h7H,3-6H2,1-2H3;3-7H,1-2H3;5-6H,4H2,1-3H3;2*1-2H3. The molecule has 3 heterocycles. The van der Waals surface area contributed by atoms with Crippen molar-refractivity contribution in [1.82, 2.24) is 15.0 Å². The van der Waals surface area contributed by atoms with Crippen LogP contribution in [0, 0.1) is 0 Å². The van der Waals surface area contributed by atoms with E-state index in [1.807, 2.05) is 57.4 Å². The van der Waals surface area contributed by atoms with Crippen molar-refractivity contribution in [3.05, 3.63) is 60.9 Å². The van der Waals surface area contributed by atoms with E-state index in [4.69, 9.17) is 0 Å². The molecule has 1 aliphatic carbocycles. The molecule has 0 fully saturated rings. The van der Waals surface area contributed by atoms with Crippen molar-refractivity contribution in [1.29, 1.82) is 0 Å². The van der Waals surface area contributed by atoms with E-state index < -0.39 is 0 Å². The van der Waals surface area contributed by atoms with E-state index in [1.54, 1.807) is 27.6 Å². The van der Waals surface area contributed by atoms with Crippen LogP contribution in [0.15, 0.2) is 29.6 Å². The van der Waals surface area contributed by atoms with Crippen LogP contribution in [0.1, 0.15) is 149 Å². The van der Waals surface area contributed by atoms with Gasteiger partial charge in [0.05, 0.1) is 30.9 Å². The lowest BCUT2D eigenvalue weighted by Crippen LogP contribution is -1.99. The van der Waals surface area contributed by atoms with Crippen LogP contribution in [0.2, 0.25) is 0 Å². The summed E-state index contributed by atoms with van der Waals surface area (Å²) in [6.45, 7) is 22.8. The summed E-state index contributed by atoms with van der Waals surface area (Å²) in [6.07, 6.45) is 5.75. The van der Waals surface area contributed by atoms with Gasteiger partial charge in [-0.3, -0.25) is 4.79 Å². The Morgan fingerprint density at radius 2 is 1.35 bits per heavy atom.